The fourth-order valence-electron chi connectivity index (χ4n) is 3.33. The summed E-state index contributed by atoms with van der Waals surface area (Å²) in [5.74, 6) is 1.39. The summed E-state index contributed by atoms with van der Waals surface area (Å²) >= 11 is 0. The van der Waals surface area contributed by atoms with Crippen molar-refractivity contribution < 1.29 is 8.42 Å². The number of pyridine rings is 1. The van der Waals surface area contributed by atoms with Gasteiger partial charge < -0.3 is 5.32 Å². The zero-order valence-electron chi connectivity index (χ0n) is 13.7. The van der Waals surface area contributed by atoms with E-state index in [1.165, 1.54) is 25.7 Å². The molecular weight excluding hydrogens is 298 g/mol. The minimum absolute atomic E-state index is 0.0463. The predicted octanol–water partition coefficient (Wildman–Crippen LogP) is 3.06. The molecule has 0 radical (unpaired) electrons. The van der Waals surface area contributed by atoms with Crippen LogP contribution in [-0.4, -0.2) is 19.9 Å². The number of primary sulfonamides is 1. The van der Waals surface area contributed by atoms with Gasteiger partial charge in [0.1, 0.15) is 5.82 Å². The zero-order valence-corrected chi connectivity index (χ0v) is 14.5. The SMILES string of the molecule is Cc1ccc(NCCC[C@@H]2CCC(C)(C)C2)nc1S(N)(=O)=O. The summed E-state index contributed by atoms with van der Waals surface area (Å²) < 4.78 is 22.9. The van der Waals surface area contributed by atoms with Crippen molar-refractivity contribution in [2.45, 2.75) is 57.9 Å². The van der Waals surface area contributed by atoms with E-state index in [0.717, 1.165) is 18.9 Å². The maximum atomic E-state index is 11.5. The molecule has 1 heterocycles. The van der Waals surface area contributed by atoms with Crippen LogP contribution in [-0.2, 0) is 10.0 Å². The number of nitrogens with zero attached hydrogens (tertiary/aromatic N) is 1. The molecule has 5 nitrogen and oxygen atoms in total. The fourth-order valence-corrected chi connectivity index (χ4v) is 4.07. The summed E-state index contributed by atoms with van der Waals surface area (Å²) in [5, 5.41) is 8.32. The summed E-state index contributed by atoms with van der Waals surface area (Å²) in [7, 11) is -3.76. The first-order chi connectivity index (χ1) is 10.2. The summed E-state index contributed by atoms with van der Waals surface area (Å²) in [6, 6.07) is 3.53. The number of rotatable bonds is 6. The van der Waals surface area contributed by atoms with E-state index >= 15 is 0 Å². The molecule has 0 amide bonds. The Morgan fingerprint density at radius 2 is 2.14 bits per heavy atom. The van der Waals surface area contributed by atoms with Crippen molar-refractivity contribution >= 4 is 15.8 Å². The van der Waals surface area contributed by atoms with Crippen molar-refractivity contribution in [1.82, 2.24) is 4.98 Å². The van der Waals surface area contributed by atoms with Crippen LogP contribution in [0.4, 0.5) is 5.82 Å². The molecule has 0 aromatic carbocycles. The molecule has 22 heavy (non-hydrogen) atoms. The molecule has 1 aliphatic carbocycles. The van der Waals surface area contributed by atoms with E-state index in [9.17, 15) is 8.42 Å². The standard InChI is InChI=1S/C16H27N3O2S/c1-12-6-7-14(19-15(12)22(17,20)21)18-10-4-5-13-8-9-16(2,3)11-13/h6-7,13H,4-5,8-11H2,1-3H3,(H,18,19)(H2,17,20,21)/t13-/m1/s1. The van der Waals surface area contributed by atoms with Crippen molar-refractivity contribution in [3.63, 3.8) is 0 Å². The summed E-state index contributed by atoms with van der Waals surface area (Å²) in [4.78, 5) is 4.11. The molecule has 0 aliphatic heterocycles. The van der Waals surface area contributed by atoms with E-state index in [4.69, 9.17) is 5.14 Å². The van der Waals surface area contributed by atoms with Crippen molar-refractivity contribution in [3.05, 3.63) is 17.7 Å². The minimum Gasteiger partial charge on any atom is -0.370 e. The molecule has 1 atom stereocenters. The van der Waals surface area contributed by atoms with Gasteiger partial charge in [0.2, 0.25) is 0 Å². The molecule has 124 valence electrons. The average Bonchev–Trinajstić information content (AvgIpc) is 2.74. The largest absolute Gasteiger partial charge is 0.370 e. The highest BCUT2D eigenvalue weighted by atomic mass is 32.2. The van der Waals surface area contributed by atoms with Crippen LogP contribution >= 0.6 is 0 Å². The first-order valence-electron chi connectivity index (χ1n) is 7.92. The highest BCUT2D eigenvalue weighted by Gasteiger charge is 2.30. The van der Waals surface area contributed by atoms with Gasteiger partial charge in [0.25, 0.3) is 10.0 Å². The molecule has 0 bridgehead atoms. The molecule has 3 N–H and O–H groups in total. The van der Waals surface area contributed by atoms with Gasteiger partial charge in [-0.25, -0.2) is 18.5 Å². The summed E-state index contributed by atoms with van der Waals surface area (Å²) in [5.41, 5.74) is 1.07. The van der Waals surface area contributed by atoms with Crippen molar-refractivity contribution in [2.24, 2.45) is 16.5 Å². The molecule has 1 fully saturated rings. The first kappa shape index (κ1) is 17.2. The lowest BCUT2D eigenvalue weighted by atomic mass is 9.89. The number of nitrogens with two attached hydrogens (primary N) is 1. The molecule has 1 aliphatic rings. The number of hydrogen-bond donors (Lipinski definition) is 2. The third kappa shape index (κ3) is 4.68. The van der Waals surface area contributed by atoms with Crippen LogP contribution in [0.3, 0.4) is 0 Å². The Morgan fingerprint density at radius 3 is 2.73 bits per heavy atom. The number of aromatic nitrogens is 1. The number of aryl methyl sites for hydroxylation is 1. The van der Waals surface area contributed by atoms with Gasteiger partial charge in [-0.1, -0.05) is 19.9 Å². The van der Waals surface area contributed by atoms with Gasteiger partial charge in [-0.3, -0.25) is 0 Å². The van der Waals surface area contributed by atoms with Crippen LogP contribution in [0.15, 0.2) is 17.2 Å². The lowest BCUT2D eigenvalue weighted by molar-refractivity contribution is 0.352. The smallest absolute Gasteiger partial charge is 0.255 e. The van der Waals surface area contributed by atoms with Crippen molar-refractivity contribution in [2.75, 3.05) is 11.9 Å². The van der Waals surface area contributed by atoms with Crippen LogP contribution in [0, 0.1) is 18.3 Å². The van der Waals surface area contributed by atoms with Gasteiger partial charge in [0.05, 0.1) is 0 Å². The highest BCUT2D eigenvalue weighted by molar-refractivity contribution is 7.89. The van der Waals surface area contributed by atoms with Gasteiger partial charge in [-0.2, -0.15) is 0 Å². The molecular formula is C16H27N3O2S. The lowest BCUT2D eigenvalue weighted by Gasteiger charge is -2.17. The molecule has 1 aromatic rings. The van der Waals surface area contributed by atoms with Gasteiger partial charge >= 0.3 is 0 Å². The first-order valence-corrected chi connectivity index (χ1v) is 9.46. The Hall–Kier alpha value is -1.14. The van der Waals surface area contributed by atoms with Gasteiger partial charge in [0, 0.05) is 6.54 Å². The number of nitrogens with one attached hydrogen (secondary N) is 1. The molecule has 1 aromatic heterocycles. The molecule has 1 saturated carbocycles. The molecule has 0 spiro atoms. The normalized spacial score (nSPS) is 21.0. The van der Waals surface area contributed by atoms with Crippen LogP contribution in [0.1, 0.15) is 51.5 Å². The maximum absolute atomic E-state index is 11.5. The Kier molecular flexibility index (Phi) is 5.12. The number of hydrogen-bond acceptors (Lipinski definition) is 4. The van der Waals surface area contributed by atoms with Crippen molar-refractivity contribution in [1.29, 1.82) is 0 Å². The van der Waals surface area contributed by atoms with E-state index < -0.39 is 10.0 Å². The van der Waals surface area contributed by atoms with Gasteiger partial charge in [-0.05, 0) is 62.0 Å². The van der Waals surface area contributed by atoms with Crippen molar-refractivity contribution in [3.8, 4) is 0 Å². The summed E-state index contributed by atoms with van der Waals surface area (Å²) in [6.07, 6.45) is 6.24. The van der Waals surface area contributed by atoms with E-state index in [0.29, 0.717) is 16.8 Å². The van der Waals surface area contributed by atoms with Crippen LogP contribution in [0.2, 0.25) is 0 Å². The third-order valence-electron chi connectivity index (χ3n) is 4.49. The maximum Gasteiger partial charge on any atom is 0.255 e. The zero-order chi connectivity index (χ0) is 16.4. The molecule has 0 unspecified atom stereocenters. The Bertz CT molecular complexity index is 626. The van der Waals surface area contributed by atoms with E-state index in [-0.39, 0.29) is 5.03 Å². The molecule has 2 rings (SSSR count). The predicted molar refractivity (Wildman–Crippen MR) is 89.2 cm³/mol. The molecule has 0 saturated heterocycles. The monoisotopic (exact) mass is 325 g/mol. The third-order valence-corrected chi connectivity index (χ3v) is 5.44. The Labute approximate surface area is 133 Å². The van der Waals surface area contributed by atoms with Crippen LogP contribution in [0.25, 0.3) is 0 Å². The minimum atomic E-state index is -3.76. The second-order valence-corrected chi connectivity index (χ2v) is 8.68. The topological polar surface area (TPSA) is 85.1 Å². The Morgan fingerprint density at radius 1 is 1.41 bits per heavy atom. The number of sulfonamides is 1. The summed E-state index contributed by atoms with van der Waals surface area (Å²) in [6.45, 7) is 7.18. The van der Waals surface area contributed by atoms with E-state index in [1.807, 2.05) is 0 Å². The second kappa shape index (κ2) is 6.54. The van der Waals surface area contributed by atoms with Gasteiger partial charge in [-0.15, -0.1) is 0 Å². The Balaban J connectivity index is 1.83. The van der Waals surface area contributed by atoms with Gasteiger partial charge in [0.15, 0.2) is 5.03 Å². The average molecular weight is 325 g/mol. The number of anilines is 1. The lowest BCUT2D eigenvalue weighted by Crippen LogP contribution is -2.17. The molecule has 6 heteroatoms. The van der Waals surface area contributed by atoms with E-state index in [2.05, 4.69) is 24.1 Å². The fraction of sp³-hybridized carbons (Fsp3) is 0.688. The highest BCUT2D eigenvalue weighted by Crippen LogP contribution is 2.42. The second-order valence-electron chi connectivity index (χ2n) is 7.21. The van der Waals surface area contributed by atoms with Crippen LogP contribution < -0.4 is 10.5 Å². The quantitative estimate of drug-likeness (QED) is 0.787. The van der Waals surface area contributed by atoms with E-state index in [1.54, 1.807) is 19.1 Å². The van der Waals surface area contributed by atoms with Crippen LogP contribution in [0.5, 0.6) is 0 Å².